The molecule has 6 heavy (non-hydrogen) atoms. The molecule has 0 heterocycles. The number of hydrogen-bond acceptors (Lipinski definition) is 1. The molecule has 0 aromatic heterocycles. The summed E-state index contributed by atoms with van der Waals surface area (Å²) in [5.41, 5.74) is 0. The molecule has 0 spiro atoms. The van der Waals surface area contributed by atoms with Crippen LogP contribution in [0.2, 0.25) is 0 Å². The maximum atomic E-state index is 7.63. The van der Waals surface area contributed by atoms with E-state index in [9.17, 15) is 0 Å². The van der Waals surface area contributed by atoms with Gasteiger partial charge in [-0.15, -0.1) is 0 Å². The first-order chi connectivity index (χ1) is 2.27. The molecule has 0 atom stereocenters. The van der Waals surface area contributed by atoms with Crippen molar-refractivity contribution in [2.75, 3.05) is 0 Å². The van der Waals surface area contributed by atoms with Crippen LogP contribution in [0.3, 0.4) is 0 Å². The predicted octanol–water partition coefficient (Wildman–Crippen LogP) is 1.31. The van der Waals surface area contributed by atoms with E-state index >= 15 is 0 Å². The zero-order valence-electron chi connectivity index (χ0n) is 2.60. The summed E-state index contributed by atoms with van der Waals surface area (Å²) >= 11 is 9.73. The molecule has 0 unspecified atom stereocenters. The van der Waals surface area contributed by atoms with Crippen molar-refractivity contribution in [2.24, 2.45) is 0 Å². The first kappa shape index (κ1) is 9.88. The zero-order valence-corrected chi connectivity index (χ0v) is 5.66. The minimum absolute atomic E-state index is 0. The molecule has 0 aromatic rings. The van der Waals surface area contributed by atoms with Crippen LogP contribution < -0.4 is 0 Å². The molecule has 0 fully saturated rings. The van der Waals surface area contributed by atoms with Crippen LogP contribution in [-0.4, -0.2) is 4.84 Å². The predicted molar refractivity (Wildman–Crippen MR) is 21.1 cm³/mol. The quantitative estimate of drug-likeness (QED) is 0.442. The van der Waals surface area contributed by atoms with Crippen LogP contribution in [0.4, 0.5) is 0 Å². The van der Waals surface area contributed by atoms with Gasteiger partial charge >= 0.3 is 20.4 Å². The Kier molecular flexibility index (Phi) is 9.44. The van der Waals surface area contributed by atoms with Gasteiger partial charge in [-0.3, -0.25) is 0 Å². The molecule has 0 radical (unpaired) electrons. The molecular formula is C2HCl2NPd+2. The van der Waals surface area contributed by atoms with E-state index in [0.717, 1.165) is 0 Å². The van der Waals surface area contributed by atoms with Gasteiger partial charge in [0.25, 0.3) is 0 Å². The summed E-state index contributed by atoms with van der Waals surface area (Å²) in [6, 6.07) is 1.56. The van der Waals surface area contributed by atoms with E-state index in [-0.39, 0.29) is 20.4 Å². The smallest absolute Gasteiger partial charge is 0.195 e. The molecule has 1 nitrogen and oxygen atoms in total. The Morgan fingerprint density at radius 3 is 1.67 bits per heavy atom. The summed E-state index contributed by atoms with van der Waals surface area (Å²) in [7, 11) is 0. The summed E-state index contributed by atoms with van der Waals surface area (Å²) in [4.78, 5) is -0.866. The van der Waals surface area contributed by atoms with Gasteiger partial charge in [-0.05, 0) is 0 Å². The molecule has 0 saturated carbocycles. The van der Waals surface area contributed by atoms with Crippen LogP contribution in [0.15, 0.2) is 0 Å². The minimum atomic E-state index is -0.866. The molecule has 0 aliphatic rings. The van der Waals surface area contributed by atoms with Gasteiger partial charge in [0.1, 0.15) is 0 Å². The van der Waals surface area contributed by atoms with E-state index in [4.69, 9.17) is 28.5 Å². The Labute approximate surface area is 59.9 Å². The molecule has 0 rings (SSSR count). The van der Waals surface area contributed by atoms with Crippen molar-refractivity contribution in [3.63, 3.8) is 0 Å². The van der Waals surface area contributed by atoms with E-state index in [2.05, 4.69) is 0 Å². The Hall–Kier alpha value is 0.732. The van der Waals surface area contributed by atoms with Crippen LogP contribution in [0.5, 0.6) is 0 Å². The molecule has 0 N–H and O–H groups in total. The molecule has 4 heteroatoms. The third-order valence-electron chi connectivity index (χ3n) is 0.0976. The van der Waals surface area contributed by atoms with Crippen molar-refractivity contribution in [3.8, 4) is 6.07 Å². The van der Waals surface area contributed by atoms with E-state index in [1.807, 2.05) is 0 Å². The Balaban J connectivity index is 0. The topological polar surface area (TPSA) is 23.8 Å². The molecule has 0 aliphatic heterocycles. The van der Waals surface area contributed by atoms with E-state index in [1.54, 1.807) is 6.07 Å². The molecule has 36 valence electrons. The largest absolute Gasteiger partial charge is 2.00 e. The van der Waals surface area contributed by atoms with Crippen molar-refractivity contribution in [1.29, 1.82) is 5.26 Å². The van der Waals surface area contributed by atoms with Crippen LogP contribution in [-0.2, 0) is 20.4 Å². The van der Waals surface area contributed by atoms with E-state index in [1.165, 1.54) is 0 Å². The first-order valence-electron chi connectivity index (χ1n) is 0.949. The van der Waals surface area contributed by atoms with Gasteiger partial charge in [0.05, 0.1) is 6.07 Å². The Bertz CT molecular complexity index is 57.1. The number of hydrogen-bond donors (Lipinski definition) is 0. The fourth-order valence-electron chi connectivity index (χ4n) is 0. The standard InChI is InChI=1S/C2HCl2N.Pd/c3-2(4)1-5;/h2H;/q;+2. The second kappa shape index (κ2) is 5.73. The van der Waals surface area contributed by atoms with Crippen LogP contribution >= 0.6 is 23.2 Å². The molecular weight excluding hydrogens is 215 g/mol. The van der Waals surface area contributed by atoms with Crippen molar-refractivity contribution in [3.05, 3.63) is 0 Å². The number of nitriles is 1. The summed E-state index contributed by atoms with van der Waals surface area (Å²) in [5, 5.41) is 7.63. The normalized spacial score (nSPS) is 6.33. The van der Waals surface area contributed by atoms with Crippen LogP contribution in [0.1, 0.15) is 0 Å². The fourth-order valence-corrected chi connectivity index (χ4v) is 0. The number of alkyl halides is 2. The van der Waals surface area contributed by atoms with Gasteiger partial charge in [0, 0.05) is 0 Å². The van der Waals surface area contributed by atoms with Crippen LogP contribution in [0.25, 0.3) is 0 Å². The second-order valence-corrected chi connectivity index (χ2v) is 1.53. The average molecular weight is 216 g/mol. The molecule has 0 bridgehead atoms. The maximum Gasteiger partial charge on any atom is 2.00 e. The third kappa shape index (κ3) is 8.83. The summed E-state index contributed by atoms with van der Waals surface area (Å²) in [6.45, 7) is 0. The van der Waals surface area contributed by atoms with Crippen molar-refractivity contribution >= 4 is 23.2 Å². The molecule has 0 saturated heterocycles. The minimum Gasteiger partial charge on any atom is -0.195 e. The van der Waals surface area contributed by atoms with Gasteiger partial charge in [0.2, 0.25) is 0 Å². The monoisotopic (exact) mass is 215 g/mol. The first-order valence-corrected chi connectivity index (χ1v) is 1.82. The zero-order chi connectivity index (χ0) is 4.28. The number of rotatable bonds is 0. The van der Waals surface area contributed by atoms with E-state index < -0.39 is 4.84 Å². The molecule has 0 aliphatic carbocycles. The number of halogens is 2. The SMILES string of the molecule is N#CC(Cl)Cl.[Pd+2]. The Morgan fingerprint density at radius 1 is 1.50 bits per heavy atom. The van der Waals surface area contributed by atoms with Gasteiger partial charge < -0.3 is 0 Å². The van der Waals surface area contributed by atoms with Crippen LogP contribution in [0, 0.1) is 11.3 Å². The van der Waals surface area contributed by atoms with Gasteiger partial charge in [0.15, 0.2) is 4.84 Å². The number of nitrogens with zero attached hydrogens (tertiary/aromatic N) is 1. The summed E-state index contributed by atoms with van der Waals surface area (Å²) in [5.74, 6) is 0. The van der Waals surface area contributed by atoms with Gasteiger partial charge in [-0.25, -0.2) is 0 Å². The summed E-state index contributed by atoms with van der Waals surface area (Å²) < 4.78 is 0. The van der Waals surface area contributed by atoms with Gasteiger partial charge in [-0.1, -0.05) is 23.2 Å². The van der Waals surface area contributed by atoms with E-state index in [0.29, 0.717) is 0 Å². The fraction of sp³-hybridized carbons (Fsp3) is 0.500. The second-order valence-electron chi connectivity index (χ2n) is 0.430. The third-order valence-corrected chi connectivity index (χ3v) is 0.293. The molecule has 0 aromatic carbocycles. The van der Waals surface area contributed by atoms with Crippen molar-refractivity contribution < 1.29 is 20.4 Å². The maximum absolute atomic E-state index is 7.63. The summed E-state index contributed by atoms with van der Waals surface area (Å²) in [6.07, 6.45) is 0. The van der Waals surface area contributed by atoms with Crippen molar-refractivity contribution in [1.82, 2.24) is 0 Å². The Morgan fingerprint density at radius 2 is 1.67 bits per heavy atom. The average Bonchev–Trinajstić information content (AvgIpc) is 1.38. The molecule has 0 amide bonds. The van der Waals surface area contributed by atoms with Crippen molar-refractivity contribution in [2.45, 2.75) is 4.84 Å². The van der Waals surface area contributed by atoms with Gasteiger partial charge in [-0.2, -0.15) is 5.26 Å².